The topological polar surface area (TPSA) is 32.7 Å². The second-order valence-electron chi connectivity index (χ2n) is 5.39. The van der Waals surface area contributed by atoms with Crippen molar-refractivity contribution >= 4 is 0 Å². The average Bonchev–Trinajstić information content (AvgIpc) is 2.50. The summed E-state index contributed by atoms with van der Waals surface area (Å²) in [6, 6.07) is 8.29. The summed E-state index contributed by atoms with van der Waals surface area (Å²) in [6.45, 7) is 6.03. The summed E-state index contributed by atoms with van der Waals surface area (Å²) in [5.74, 6) is 6.19. The van der Waals surface area contributed by atoms with Gasteiger partial charge in [0.1, 0.15) is 0 Å². The summed E-state index contributed by atoms with van der Waals surface area (Å²) < 4.78 is 5.76. The maximum atomic E-state index is 8.83. The fourth-order valence-corrected chi connectivity index (χ4v) is 2.76. The summed E-state index contributed by atoms with van der Waals surface area (Å²) in [5.41, 5.74) is 2.34. The van der Waals surface area contributed by atoms with E-state index in [-0.39, 0.29) is 6.61 Å². The first kappa shape index (κ1) is 16.0. The van der Waals surface area contributed by atoms with Crippen LogP contribution in [-0.4, -0.2) is 42.4 Å². The lowest BCUT2D eigenvalue weighted by Crippen LogP contribution is -2.39. The molecule has 3 nitrogen and oxygen atoms in total. The zero-order chi connectivity index (χ0) is 14.9. The monoisotopic (exact) mass is 287 g/mol. The van der Waals surface area contributed by atoms with Crippen molar-refractivity contribution in [1.29, 1.82) is 0 Å². The van der Waals surface area contributed by atoms with E-state index in [1.165, 1.54) is 18.4 Å². The molecule has 1 fully saturated rings. The second-order valence-corrected chi connectivity index (χ2v) is 5.39. The predicted molar refractivity (Wildman–Crippen MR) is 84.9 cm³/mol. The van der Waals surface area contributed by atoms with E-state index in [1.54, 1.807) is 0 Å². The van der Waals surface area contributed by atoms with Crippen LogP contribution in [0.1, 0.15) is 37.3 Å². The Balaban J connectivity index is 2.00. The van der Waals surface area contributed by atoms with Crippen LogP contribution < -0.4 is 0 Å². The fraction of sp³-hybridized carbons (Fsp3) is 0.556. The normalized spacial score (nSPS) is 19.0. The molecule has 0 amide bonds. The molecule has 1 heterocycles. The smallest absolute Gasteiger partial charge is 0.0702 e. The molecule has 0 radical (unpaired) electrons. The highest BCUT2D eigenvalue weighted by Gasteiger charge is 2.20. The van der Waals surface area contributed by atoms with Crippen molar-refractivity contribution in [1.82, 2.24) is 4.90 Å². The molecule has 0 aromatic heterocycles. The third-order valence-corrected chi connectivity index (χ3v) is 3.74. The third kappa shape index (κ3) is 5.17. The lowest BCUT2D eigenvalue weighted by molar-refractivity contribution is 0.00361. The largest absolute Gasteiger partial charge is 0.395 e. The standard InChI is InChI=1S/C18H25NO2/c1-2-21-18-11-7-12-19(15-18)14-17-10-4-3-8-16(17)9-5-6-13-20/h3-4,8,10,18,20H,2,6-7,11-15H2,1H3. The number of hydrogen-bond donors (Lipinski definition) is 1. The van der Waals surface area contributed by atoms with Crippen LogP contribution in [0.2, 0.25) is 0 Å². The second kappa shape index (κ2) is 8.84. The van der Waals surface area contributed by atoms with Crippen molar-refractivity contribution in [3.8, 4) is 11.8 Å². The van der Waals surface area contributed by atoms with Gasteiger partial charge in [0.15, 0.2) is 0 Å². The molecule has 1 aliphatic heterocycles. The SMILES string of the molecule is CCOC1CCCN(Cc2ccccc2C#CCCO)C1. The zero-order valence-electron chi connectivity index (χ0n) is 12.8. The van der Waals surface area contributed by atoms with E-state index in [4.69, 9.17) is 9.84 Å². The van der Waals surface area contributed by atoms with Crippen LogP contribution in [0.25, 0.3) is 0 Å². The quantitative estimate of drug-likeness (QED) is 0.844. The highest BCUT2D eigenvalue weighted by atomic mass is 16.5. The summed E-state index contributed by atoms with van der Waals surface area (Å²) >= 11 is 0. The number of hydrogen-bond acceptors (Lipinski definition) is 3. The van der Waals surface area contributed by atoms with Crippen molar-refractivity contribution in [3.05, 3.63) is 35.4 Å². The molecular weight excluding hydrogens is 262 g/mol. The van der Waals surface area contributed by atoms with Crippen molar-refractivity contribution in [2.45, 2.75) is 38.8 Å². The Morgan fingerprint density at radius 1 is 1.38 bits per heavy atom. The van der Waals surface area contributed by atoms with Gasteiger partial charge in [-0.15, -0.1) is 0 Å². The van der Waals surface area contributed by atoms with Gasteiger partial charge in [-0.3, -0.25) is 4.90 Å². The molecule has 21 heavy (non-hydrogen) atoms. The minimum Gasteiger partial charge on any atom is -0.395 e. The number of nitrogens with zero attached hydrogens (tertiary/aromatic N) is 1. The predicted octanol–water partition coefficient (Wildman–Crippen LogP) is 2.42. The highest BCUT2D eigenvalue weighted by molar-refractivity contribution is 5.41. The van der Waals surface area contributed by atoms with E-state index in [1.807, 2.05) is 6.07 Å². The van der Waals surface area contributed by atoms with Gasteiger partial charge < -0.3 is 9.84 Å². The van der Waals surface area contributed by atoms with Gasteiger partial charge in [0.05, 0.1) is 12.7 Å². The molecule has 0 spiro atoms. The third-order valence-electron chi connectivity index (χ3n) is 3.74. The summed E-state index contributed by atoms with van der Waals surface area (Å²) in [7, 11) is 0. The molecule has 1 saturated heterocycles. The van der Waals surface area contributed by atoms with Crippen LogP contribution >= 0.6 is 0 Å². The summed E-state index contributed by atoms with van der Waals surface area (Å²) in [5, 5.41) is 8.83. The van der Waals surface area contributed by atoms with Crippen LogP contribution in [0.4, 0.5) is 0 Å². The van der Waals surface area contributed by atoms with Crippen molar-refractivity contribution < 1.29 is 9.84 Å². The lowest BCUT2D eigenvalue weighted by Gasteiger charge is -2.32. The molecule has 1 unspecified atom stereocenters. The highest BCUT2D eigenvalue weighted by Crippen LogP contribution is 2.17. The Morgan fingerprint density at radius 2 is 2.24 bits per heavy atom. The van der Waals surface area contributed by atoms with Crippen LogP contribution in [0.5, 0.6) is 0 Å². The van der Waals surface area contributed by atoms with E-state index in [9.17, 15) is 0 Å². The maximum Gasteiger partial charge on any atom is 0.0702 e. The zero-order valence-corrected chi connectivity index (χ0v) is 12.8. The van der Waals surface area contributed by atoms with Crippen LogP contribution in [0.3, 0.4) is 0 Å². The molecule has 1 atom stereocenters. The number of aliphatic hydroxyl groups excluding tert-OH is 1. The number of aliphatic hydroxyl groups is 1. The van der Waals surface area contributed by atoms with Crippen molar-refractivity contribution in [3.63, 3.8) is 0 Å². The first-order chi connectivity index (χ1) is 10.3. The van der Waals surface area contributed by atoms with Gasteiger partial charge in [0.25, 0.3) is 0 Å². The lowest BCUT2D eigenvalue weighted by atomic mass is 10.0. The molecule has 2 rings (SSSR count). The Hall–Kier alpha value is -1.34. The van der Waals surface area contributed by atoms with Gasteiger partial charge in [-0.2, -0.15) is 0 Å². The molecular formula is C18H25NO2. The number of rotatable bonds is 5. The van der Waals surface area contributed by atoms with Crippen LogP contribution in [0, 0.1) is 11.8 Å². The van der Waals surface area contributed by atoms with Gasteiger partial charge in [0, 0.05) is 31.7 Å². The van der Waals surface area contributed by atoms with Gasteiger partial charge in [0.2, 0.25) is 0 Å². The van der Waals surface area contributed by atoms with Crippen molar-refractivity contribution in [2.75, 3.05) is 26.3 Å². The van der Waals surface area contributed by atoms with E-state index < -0.39 is 0 Å². The van der Waals surface area contributed by atoms with Crippen LogP contribution in [-0.2, 0) is 11.3 Å². The van der Waals surface area contributed by atoms with Gasteiger partial charge in [-0.1, -0.05) is 30.0 Å². The minimum atomic E-state index is 0.122. The summed E-state index contributed by atoms with van der Waals surface area (Å²) in [4.78, 5) is 2.45. The average molecular weight is 287 g/mol. The van der Waals surface area contributed by atoms with Gasteiger partial charge >= 0.3 is 0 Å². The molecule has 0 bridgehead atoms. The number of piperidine rings is 1. The molecule has 1 N–H and O–H groups in total. The number of ether oxygens (including phenoxy) is 1. The molecule has 0 aliphatic carbocycles. The van der Waals surface area contributed by atoms with Crippen LogP contribution in [0.15, 0.2) is 24.3 Å². The first-order valence-electron chi connectivity index (χ1n) is 7.85. The molecule has 0 saturated carbocycles. The number of benzene rings is 1. The molecule has 3 heteroatoms. The molecule has 1 aromatic rings. The van der Waals surface area contributed by atoms with E-state index in [0.29, 0.717) is 12.5 Å². The maximum absolute atomic E-state index is 8.83. The Bertz CT molecular complexity index is 487. The Labute approximate surface area is 127 Å². The molecule has 1 aromatic carbocycles. The van der Waals surface area contributed by atoms with Gasteiger partial charge in [-0.25, -0.2) is 0 Å². The summed E-state index contributed by atoms with van der Waals surface area (Å²) in [6.07, 6.45) is 3.27. The number of likely N-dealkylation sites (tertiary alicyclic amines) is 1. The molecule has 1 aliphatic rings. The van der Waals surface area contributed by atoms with E-state index in [0.717, 1.165) is 31.8 Å². The first-order valence-corrected chi connectivity index (χ1v) is 7.85. The van der Waals surface area contributed by atoms with Gasteiger partial charge in [-0.05, 0) is 37.9 Å². The Morgan fingerprint density at radius 3 is 3.05 bits per heavy atom. The minimum absolute atomic E-state index is 0.122. The van der Waals surface area contributed by atoms with Crippen molar-refractivity contribution in [2.24, 2.45) is 0 Å². The fourth-order valence-electron chi connectivity index (χ4n) is 2.76. The van der Waals surface area contributed by atoms with E-state index in [2.05, 4.69) is 41.9 Å². The van der Waals surface area contributed by atoms with E-state index >= 15 is 0 Å². The Kier molecular flexibility index (Phi) is 6.75. The molecule has 114 valence electrons.